The molecule has 0 aliphatic carbocycles. The number of aryl methyl sites for hydroxylation is 1. The second-order valence-electron chi connectivity index (χ2n) is 4.90. The van der Waals surface area contributed by atoms with Crippen molar-refractivity contribution in [2.45, 2.75) is 25.8 Å². The van der Waals surface area contributed by atoms with Gasteiger partial charge < -0.3 is 14.8 Å². The van der Waals surface area contributed by atoms with Crippen LogP contribution in [0.25, 0.3) is 10.9 Å². The van der Waals surface area contributed by atoms with E-state index in [2.05, 4.69) is 0 Å². The first-order valence-electron chi connectivity index (χ1n) is 6.14. The summed E-state index contributed by atoms with van der Waals surface area (Å²) in [5.41, 5.74) is 0.462. The summed E-state index contributed by atoms with van der Waals surface area (Å²) in [6.45, 7) is 1.89. The Morgan fingerprint density at radius 3 is 2.84 bits per heavy atom. The first-order valence-corrected chi connectivity index (χ1v) is 6.14. The van der Waals surface area contributed by atoms with Gasteiger partial charge in [-0.15, -0.1) is 0 Å². The van der Waals surface area contributed by atoms with Crippen LogP contribution in [0.1, 0.15) is 35.3 Å². The Morgan fingerprint density at radius 2 is 2.16 bits per heavy atom. The van der Waals surface area contributed by atoms with Crippen molar-refractivity contribution in [2.75, 3.05) is 0 Å². The van der Waals surface area contributed by atoms with Gasteiger partial charge in [-0.1, -0.05) is 12.1 Å². The van der Waals surface area contributed by atoms with E-state index in [4.69, 9.17) is 5.11 Å². The van der Waals surface area contributed by atoms with Crippen molar-refractivity contribution in [1.82, 2.24) is 4.57 Å². The third kappa shape index (κ3) is 1.47. The van der Waals surface area contributed by atoms with Crippen molar-refractivity contribution in [3.8, 4) is 5.75 Å². The normalized spacial score (nSPS) is 17.6. The molecule has 0 saturated carbocycles. The fourth-order valence-electron chi connectivity index (χ4n) is 2.83. The average molecular weight is 259 g/mol. The molecule has 0 fully saturated rings. The van der Waals surface area contributed by atoms with Gasteiger partial charge >= 0.3 is 5.97 Å². The number of carboxylic acid groups (broad SMARTS) is 1. The zero-order chi connectivity index (χ0) is 13.7. The molecule has 1 unspecified atom stereocenters. The van der Waals surface area contributed by atoms with Gasteiger partial charge in [0.05, 0.1) is 5.52 Å². The first kappa shape index (κ1) is 11.8. The number of hydrogen-bond donors (Lipinski definition) is 2. The lowest BCUT2D eigenvalue weighted by molar-refractivity contribution is 0.0691. The SMILES string of the molecule is CC1CCc2cccc3c(O)c(C(=O)O)c(=O)n1c23. The third-order valence-electron chi connectivity index (χ3n) is 3.77. The van der Waals surface area contributed by atoms with Gasteiger partial charge in [-0.2, -0.15) is 0 Å². The van der Waals surface area contributed by atoms with Gasteiger partial charge in [0.1, 0.15) is 5.75 Å². The maximum Gasteiger partial charge on any atom is 0.345 e. The summed E-state index contributed by atoms with van der Waals surface area (Å²) in [5.74, 6) is -1.82. The van der Waals surface area contributed by atoms with Crippen molar-refractivity contribution < 1.29 is 15.0 Å². The molecule has 2 aromatic rings. The van der Waals surface area contributed by atoms with Crippen LogP contribution in [-0.2, 0) is 6.42 Å². The minimum atomic E-state index is -1.39. The molecule has 0 bridgehead atoms. The van der Waals surface area contributed by atoms with Gasteiger partial charge in [0.25, 0.3) is 5.56 Å². The van der Waals surface area contributed by atoms with Crippen molar-refractivity contribution in [3.63, 3.8) is 0 Å². The lowest BCUT2D eigenvalue weighted by atomic mass is 9.96. The smallest absolute Gasteiger partial charge is 0.345 e. The van der Waals surface area contributed by atoms with Crippen LogP contribution < -0.4 is 5.56 Å². The summed E-state index contributed by atoms with van der Waals surface area (Å²) in [5, 5.41) is 19.6. The Bertz CT molecular complexity index is 760. The van der Waals surface area contributed by atoms with Gasteiger partial charge in [0.15, 0.2) is 5.56 Å². The Balaban J connectivity index is 2.59. The highest BCUT2D eigenvalue weighted by molar-refractivity contribution is 5.99. The fraction of sp³-hybridized carbons (Fsp3) is 0.286. The molecule has 0 saturated heterocycles. The molecule has 1 aliphatic rings. The number of carbonyl (C=O) groups is 1. The van der Waals surface area contributed by atoms with E-state index < -0.39 is 22.8 Å². The van der Waals surface area contributed by atoms with Crippen molar-refractivity contribution >= 4 is 16.9 Å². The molecule has 0 radical (unpaired) electrons. The molecule has 3 rings (SSSR count). The quantitative estimate of drug-likeness (QED) is 0.819. The van der Waals surface area contributed by atoms with Crippen LogP contribution in [0.3, 0.4) is 0 Å². The van der Waals surface area contributed by atoms with E-state index in [1.165, 1.54) is 4.57 Å². The highest BCUT2D eigenvalue weighted by atomic mass is 16.4. The lowest BCUT2D eigenvalue weighted by Gasteiger charge is -2.26. The second kappa shape index (κ2) is 3.85. The predicted molar refractivity (Wildman–Crippen MR) is 69.9 cm³/mol. The molecule has 1 aromatic carbocycles. The summed E-state index contributed by atoms with van der Waals surface area (Å²) in [7, 11) is 0. The largest absolute Gasteiger partial charge is 0.506 e. The van der Waals surface area contributed by atoms with Gasteiger partial charge in [-0.25, -0.2) is 4.79 Å². The van der Waals surface area contributed by atoms with Crippen LogP contribution in [0, 0.1) is 0 Å². The Morgan fingerprint density at radius 1 is 1.42 bits per heavy atom. The third-order valence-corrected chi connectivity index (χ3v) is 3.77. The number of pyridine rings is 1. The van der Waals surface area contributed by atoms with Crippen LogP contribution in [-0.4, -0.2) is 20.7 Å². The topological polar surface area (TPSA) is 79.5 Å². The molecule has 1 aromatic heterocycles. The Hall–Kier alpha value is -2.30. The minimum absolute atomic E-state index is 0.0661. The Labute approximate surface area is 108 Å². The maximum atomic E-state index is 12.3. The minimum Gasteiger partial charge on any atom is -0.506 e. The Kier molecular flexibility index (Phi) is 2.38. The number of para-hydroxylation sites is 1. The molecule has 98 valence electrons. The number of hydrogen-bond acceptors (Lipinski definition) is 3. The number of aromatic hydroxyl groups is 1. The maximum absolute atomic E-state index is 12.3. The molecule has 2 heterocycles. The zero-order valence-electron chi connectivity index (χ0n) is 10.4. The molecule has 0 spiro atoms. The van der Waals surface area contributed by atoms with E-state index in [1.54, 1.807) is 12.1 Å². The van der Waals surface area contributed by atoms with E-state index in [9.17, 15) is 14.7 Å². The molecule has 19 heavy (non-hydrogen) atoms. The number of aromatic nitrogens is 1. The first-order chi connectivity index (χ1) is 9.02. The number of aromatic carboxylic acids is 1. The summed E-state index contributed by atoms with van der Waals surface area (Å²) >= 11 is 0. The monoisotopic (exact) mass is 259 g/mol. The van der Waals surface area contributed by atoms with Crippen LogP contribution in [0.15, 0.2) is 23.0 Å². The molecular formula is C14H13NO4. The average Bonchev–Trinajstić information content (AvgIpc) is 2.36. The van der Waals surface area contributed by atoms with Crippen LogP contribution >= 0.6 is 0 Å². The van der Waals surface area contributed by atoms with Crippen LogP contribution in [0.2, 0.25) is 0 Å². The molecule has 1 atom stereocenters. The van der Waals surface area contributed by atoms with Crippen molar-refractivity contribution in [1.29, 1.82) is 0 Å². The van der Waals surface area contributed by atoms with Crippen molar-refractivity contribution in [2.24, 2.45) is 0 Å². The van der Waals surface area contributed by atoms with E-state index in [-0.39, 0.29) is 6.04 Å². The highest BCUT2D eigenvalue weighted by Gasteiger charge is 2.27. The standard InChI is InChI=1S/C14H13NO4/c1-7-5-6-8-3-2-4-9-11(8)15(7)13(17)10(12(9)16)14(18)19/h2-4,7,16H,5-6H2,1H3,(H,18,19). The number of carboxylic acids is 1. The lowest BCUT2D eigenvalue weighted by Crippen LogP contribution is -2.31. The summed E-state index contributed by atoms with van der Waals surface area (Å²) < 4.78 is 1.50. The van der Waals surface area contributed by atoms with Gasteiger partial charge in [-0.3, -0.25) is 4.79 Å². The van der Waals surface area contributed by atoms with E-state index in [0.717, 1.165) is 18.4 Å². The van der Waals surface area contributed by atoms with E-state index in [0.29, 0.717) is 10.9 Å². The zero-order valence-corrected chi connectivity index (χ0v) is 10.4. The summed E-state index contributed by atoms with van der Waals surface area (Å²) in [6.07, 6.45) is 1.61. The van der Waals surface area contributed by atoms with Crippen molar-refractivity contribution in [3.05, 3.63) is 39.7 Å². The molecule has 2 N–H and O–H groups in total. The highest BCUT2D eigenvalue weighted by Crippen LogP contribution is 2.34. The molecule has 5 nitrogen and oxygen atoms in total. The van der Waals surface area contributed by atoms with Crippen LogP contribution in [0.4, 0.5) is 0 Å². The second-order valence-corrected chi connectivity index (χ2v) is 4.90. The van der Waals surface area contributed by atoms with Gasteiger partial charge in [0.2, 0.25) is 0 Å². The fourth-order valence-corrected chi connectivity index (χ4v) is 2.83. The van der Waals surface area contributed by atoms with Crippen LogP contribution in [0.5, 0.6) is 5.75 Å². The van der Waals surface area contributed by atoms with E-state index in [1.807, 2.05) is 13.0 Å². The van der Waals surface area contributed by atoms with E-state index >= 15 is 0 Å². The van der Waals surface area contributed by atoms with Gasteiger partial charge in [0, 0.05) is 11.4 Å². The summed E-state index contributed by atoms with van der Waals surface area (Å²) in [6, 6.07) is 5.26. The molecule has 0 amide bonds. The predicted octanol–water partition coefficient (Wildman–Crippen LogP) is 1.91. The molecule has 1 aliphatic heterocycles. The molecule has 5 heteroatoms. The number of rotatable bonds is 1. The number of benzene rings is 1. The number of nitrogens with zero attached hydrogens (tertiary/aromatic N) is 1. The summed E-state index contributed by atoms with van der Waals surface area (Å²) in [4.78, 5) is 23.5. The van der Waals surface area contributed by atoms with Gasteiger partial charge in [-0.05, 0) is 31.4 Å². The molecular weight excluding hydrogens is 246 g/mol.